The molecule has 0 saturated heterocycles. The number of sulfonamides is 1. The average molecular weight is 452 g/mol. The highest BCUT2D eigenvalue weighted by molar-refractivity contribution is 7.92. The monoisotopic (exact) mass is 451 g/mol. The van der Waals surface area contributed by atoms with E-state index in [-0.39, 0.29) is 5.56 Å². The third kappa shape index (κ3) is 6.16. The summed E-state index contributed by atoms with van der Waals surface area (Å²) in [5.74, 6) is -1.55. The van der Waals surface area contributed by atoms with Gasteiger partial charge in [-0.25, -0.2) is 18.2 Å². The van der Waals surface area contributed by atoms with Crippen molar-refractivity contribution < 1.29 is 30.8 Å². The highest BCUT2D eigenvalue weighted by Gasteiger charge is 2.34. The molecule has 2 rings (SSSR count). The number of anilines is 1. The Kier molecular flexibility index (Phi) is 6.85. The number of nitrogens with zero attached hydrogens (tertiary/aromatic N) is 2. The van der Waals surface area contributed by atoms with Crippen LogP contribution in [0.25, 0.3) is 0 Å². The molecular formula is C17H14ClF4N3O3S. The summed E-state index contributed by atoms with van der Waals surface area (Å²) >= 11 is 5.53. The molecule has 0 aliphatic rings. The van der Waals surface area contributed by atoms with E-state index in [1.165, 1.54) is 24.3 Å². The van der Waals surface area contributed by atoms with E-state index in [0.717, 1.165) is 24.6 Å². The van der Waals surface area contributed by atoms with Gasteiger partial charge in [0.2, 0.25) is 10.0 Å². The molecule has 12 heteroatoms. The molecule has 1 N–H and O–H groups in total. The lowest BCUT2D eigenvalue weighted by Crippen LogP contribution is -2.39. The van der Waals surface area contributed by atoms with Crippen molar-refractivity contribution in [3.63, 3.8) is 0 Å². The zero-order valence-corrected chi connectivity index (χ0v) is 16.3. The van der Waals surface area contributed by atoms with Gasteiger partial charge in [-0.05, 0) is 24.3 Å². The van der Waals surface area contributed by atoms with Crippen LogP contribution in [0.3, 0.4) is 0 Å². The number of rotatable bonds is 6. The summed E-state index contributed by atoms with van der Waals surface area (Å²) in [6.07, 6.45) is -3.09. The third-order valence-corrected chi connectivity index (χ3v) is 5.00. The van der Waals surface area contributed by atoms with Crippen molar-refractivity contribution in [2.75, 3.05) is 17.1 Å². The zero-order chi connectivity index (χ0) is 21.8. The molecule has 0 aliphatic carbocycles. The van der Waals surface area contributed by atoms with Crippen molar-refractivity contribution in [3.8, 4) is 0 Å². The van der Waals surface area contributed by atoms with Crippen LogP contribution in [-0.2, 0) is 21.0 Å². The van der Waals surface area contributed by atoms with Gasteiger partial charge < -0.3 is 0 Å². The van der Waals surface area contributed by atoms with Crippen molar-refractivity contribution in [2.45, 2.75) is 6.18 Å². The SMILES string of the molecule is CS(=O)(=O)N(CC(=O)N/N=C\c1ccccc1F)c1ccc(Cl)c(C(F)(F)F)c1. The Morgan fingerprint density at radius 2 is 1.90 bits per heavy atom. The summed E-state index contributed by atoms with van der Waals surface area (Å²) in [4.78, 5) is 12.0. The fourth-order valence-corrected chi connectivity index (χ4v) is 3.28. The summed E-state index contributed by atoms with van der Waals surface area (Å²) in [5, 5.41) is 2.90. The number of amides is 1. The molecule has 0 bridgehead atoms. The lowest BCUT2D eigenvalue weighted by Gasteiger charge is -2.22. The van der Waals surface area contributed by atoms with Crippen molar-refractivity contribution >= 4 is 39.4 Å². The molecule has 0 unspecified atom stereocenters. The van der Waals surface area contributed by atoms with Gasteiger partial charge in [0, 0.05) is 5.56 Å². The largest absolute Gasteiger partial charge is 0.417 e. The highest BCUT2D eigenvalue weighted by Crippen LogP contribution is 2.37. The van der Waals surface area contributed by atoms with E-state index < -0.39 is 50.7 Å². The van der Waals surface area contributed by atoms with Crippen LogP contribution in [0.5, 0.6) is 0 Å². The van der Waals surface area contributed by atoms with Gasteiger partial charge in [-0.15, -0.1) is 0 Å². The van der Waals surface area contributed by atoms with Crippen LogP contribution in [0.15, 0.2) is 47.6 Å². The number of halogens is 5. The zero-order valence-electron chi connectivity index (χ0n) is 14.7. The van der Waals surface area contributed by atoms with Gasteiger partial charge in [0.15, 0.2) is 0 Å². The topological polar surface area (TPSA) is 78.8 Å². The van der Waals surface area contributed by atoms with Crippen LogP contribution in [0.1, 0.15) is 11.1 Å². The van der Waals surface area contributed by atoms with Crippen LogP contribution >= 0.6 is 11.6 Å². The van der Waals surface area contributed by atoms with Gasteiger partial charge in [-0.1, -0.05) is 29.8 Å². The molecule has 29 heavy (non-hydrogen) atoms. The Bertz CT molecular complexity index is 1040. The molecule has 0 saturated carbocycles. The first-order chi connectivity index (χ1) is 13.4. The van der Waals surface area contributed by atoms with E-state index in [4.69, 9.17) is 11.6 Å². The molecule has 0 fully saturated rings. The molecule has 2 aromatic rings. The lowest BCUT2D eigenvalue weighted by molar-refractivity contribution is -0.137. The van der Waals surface area contributed by atoms with E-state index >= 15 is 0 Å². The van der Waals surface area contributed by atoms with Crippen LogP contribution in [0.2, 0.25) is 5.02 Å². The lowest BCUT2D eigenvalue weighted by atomic mass is 10.2. The van der Waals surface area contributed by atoms with Gasteiger partial charge >= 0.3 is 6.18 Å². The number of hydrogen-bond acceptors (Lipinski definition) is 4. The Morgan fingerprint density at radius 1 is 1.24 bits per heavy atom. The quantitative estimate of drug-likeness (QED) is 0.415. The van der Waals surface area contributed by atoms with Crippen molar-refractivity contribution in [1.29, 1.82) is 0 Å². The third-order valence-electron chi connectivity index (χ3n) is 3.53. The number of carbonyl (C=O) groups excluding carboxylic acids is 1. The summed E-state index contributed by atoms with van der Waals surface area (Å²) in [7, 11) is -4.12. The molecule has 0 aromatic heterocycles. The minimum atomic E-state index is -4.82. The maximum Gasteiger partial charge on any atom is 0.417 e. The van der Waals surface area contributed by atoms with E-state index in [1.807, 2.05) is 5.43 Å². The number of hydrazone groups is 1. The molecule has 1 amide bonds. The van der Waals surface area contributed by atoms with Crippen molar-refractivity contribution in [1.82, 2.24) is 5.43 Å². The van der Waals surface area contributed by atoms with Gasteiger partial charge in [0.25, 0.3) is 5.91 Å². The van der Waals surface area contributed by atoms with E-state index in [1.54, 1.807) is 0 Å². The van der Waals surface area contributed by atoms with E-state index in [9.17, 15) is 30.8 Å². The fraction of sp³-hybridized carbons (Fsp3) is 0.176. The summed E-state index contributed by atoms with van der Waals surface area (Å²) < 4.78 is 77.0. The molecule has 0 aliphatic heterocycles. The second kappa shape index (κ2) is 8.78. The Labute approximate surface area is 168 Å². The Balaban J connectivity index is 2.22. The van der Waals surface area contributed by atoms with Crippen molar-refractivity contribution in [3.05, 3.63) is 64.4 Å². The first kappa shape index (κ1) is 22.6. The average Bonchev–Trinajstić information content (AvgIpc) is 2.60. The predicted octanol–water partition coefficient (Wildman–Crippen LogP) is 3.41. The Hall–Kier alpha value is -2.66. The molecule has 0 heterocycles. The van der Waals surface area contributed by atoms with Gasteiger partial charge in [-0.2, -0.15) is 18.3 Å². The van der Waals surface area contributed by atoms with Crippen LogP contribution < -0.4 is 9.73 Å². The molecule has 0 radical (unpaired) electrons. The summed E-state index contributed by atoms with van der Waals surface area (Å²) in [5.41, 5.74) is 0.414. The molecule has 0 spiro atoms. The second-order valence-corrected chi connectivity index (χ2v) is 8.06. The standard InChI is InChI=1S/C17H14ClF4N3O3S/c1-29(27,28)25(12-6-7-14(18)13(8-12)17(20,21)22)10-16(26)24-23-9-11-4-2-3-5-15(11)19/h2-9H,10H2,1H3,(H,24,26)/b23-9-. The number of alkyl halides is 3. The number of carbonyl (C=O) groups is 1. The molecule has 6 nitrogen and oxygen atoms in total. The maximum atomic E-state index is 13.5. The maximum absolute atomic E-state index is 13.5. The fourth-order valence-electron chi connectivity index (χ4n) is 2.21. The number of hydrogen-bond donors (Lipinski definition) is 1. The summed E-state index contributed by atoms with van der Waals surface area (Å²) in [6, 6.07) is 8.00. The molecule has 156 valence electrons. The van der Waals surface area contributed by atoms with Gasteiger partial charge in [-0.3, -0.25) is 9.10 Å². The molecule has 2 aromatic carbocycles. The normalized spacial score (nSPS) is 12.2. The predicted molar refractivity (Wildman–Crippen MR) is 101 cm³/mol. The van der Waals surface area contributed by atoms with Gasteiger partial charge in [0.1, 0.15) is 12.4 Å². The van der Waals surface area contributed by atoms with Gasteiger partial charge in [0.05, 0.1) is 28.7 Å². The van der Waals surface area contributed by atoms with Crippen molar-refractivity contribution in [2.24, 2.45) is 5.10 Å². The van der Waals surface area contributed by atoms with E-state index in [0.29, 0.717) is 10.4 Å². The summed E-state index contributed by atoms with van der Waals surface area (Å²) in [6.45, 7) is -0.855. The first-order valence-electron chi connectivity index (χ1n) is 7.80. The minimum Gasteiger partial charge on any atom is -0.271 e. The highest BCUT2D eigenvalue weighted by atomic mass is 35.5. The van der Waals surface area contributed by atoms with Crippen LogP contribution in [0, 0.1) is 5.82 Å². The minimum absolute atomic E-state index is 0.0697. The van der Waals surface area contributed by atoms with Crippen LogP contribution in [0.4, 0.5) is 23.2 Å². The smallest absolute Gasteiger partial charge is 0.271 e. The van der Waals surface area contributed by atoms with Crippen LogP contribution in [-0.4, -0.2) is 33.3 Å². The molecular weight excluding hydrogens is 438 g/mol. The first-order valence-corrected chi connectivity index (χ1v) is 10.0. The Morgan fingerprint density at radius 3 is 2.48 bits per heavy atom. The molecule has 0 atom stereocenters. The number of benzene rings is 2. The second-order valence-electron chi connectivity index (χ2n) is 5.75. The number of nitrogens with one attached hydrogen (secondary N) is 1. The van der Waals surface area contributed by atoms with E-state index in [2.05, 4.69) is 5.10 Å².